The van der Waals surface area contributed by atoms with E-state index in [1.54, 1.807) is 30.1 Å². The molecule has 0 radical (unpaired) electrons. The van der Waals surface area contributed by atoms with Crippen LogP contribution in [0, 0.1) is 12.8 Å². The van der Waals surface area contributed by atoms with Gasteiger partial charge in [-0.15, -0.1) is 19.4 Å². The Morgan fingerprint density at radius 1 is 1.02 bits per heavy atom. The van der Waals surface area contributed by atoms with Crippen molar-refractivity contribution in [3.05, 3.63) is 125 Å². The SMILES string of the molecule is C#C.C1CC1.C=CCN(CCCCOC)C(Cn1c(=O)[nH]c2ccncc21)=NC/C=C\CC.CC.CCC.O=CCNC(=O)OCC1c2ccccc2Cc2ccccc21. The smallest absolute Gasteiger partial charge is 0.407 e. The number of aromatic amines is 1. The van der Waals surface area contributed by atoms with Crippen LogP contribution in [0.5, 0.6) is 0 Å². The minimum Gasteiger partial charge on any atom is -0.449 e. The number of nitrogens with zero attached hydrogens (tertiary/aromatic N) is 4. The predicted octanol–water partition coefficient (Wildman–Crippen LogP) is 9.51. The highest BCUT2D eigenvalue weighted by Crippen LogP contribution is 2.36. The Kier molecular flexibility index (Phi) is 28.9. The first-order valence-electron chi connectivity index (χ1n) is 21.3. The van der Waals surface area contributed by atoms with Crippen LogP contribution in [0.4, 0.5) is 4.79 Å². The highest BCUT2D eigenvalue weighted by Gasteiger charge is 2.26. The number of imidazole rings is 1. The zero-order valence-corrected chi connectivity index (χ0v) is 37.0. The number of amidine groups is 1. The van der Waals surface area contributed by atoms with Crippen molar-refractivity contribution in [2.75, 3.05) is 46.5 Å². The Hall–Kier alpha value is -5.73. The molecule has 2 aliphatic rings. The number of unbranched alkanes of at least 4 members (excludes halogenated alkanes) is 1. The molecule has 1 saturated carbocycles. The quantitative estimate of drug-likeness (QED) is 0.0288. The summed E-state index contributed by atoms with van der Waals surface area (Å²) in [6.45, 7) is 17.7. The van der Waals surface area contributed by atoms with E-state index in [1.165, 1.54) is 47.9 Å². The maximum absolute atomic E-state index is 12.5. The van der Waals surface area contributed by atoms with Gasteiger partial charge in [0.25, 0.3) is 0 Å². The molecule has 1 amide bonds. The zero-order valence-electron chi connectivity index (χ0n) is 37.0. The molecule has 2 heterocycles. The Balaban J connectivity index is 0.000000498. The van der Waals surface area contributed by atoms with Crippen molar-refractivity contribution in [3.8, 4) is 12.8 Å². The van der Waals surface area contributed by atoms with E-state index in [4.69, 9.17) is 14.5 Å². The van der Waals surface area contributed by atoms with Gasteiger partial charge in [-0.05, 0) is 54.0 Å². The summed E-state index contributed by atoms with van der Waals surface area (Å²) in [5.41, 5.74) is 6.33. The maximum Gasteiger partial charge on any atom is 0.407 e. The van der Waals surface area contributed by atoms with E-state index in [1.807, 2.05) is 44.2 Å². The third-order valence-electron chi connectivity index (χ3n) is 8.71. The fraction of sp³-hybridized carbons (Fsp3) is 0.449. The number of terminal acetylenes is 1. The van der Waals surface area contributed by atoms with Gasteiger partial charge in [0.05, 0.1) is 36.9 Å². The molecule has 2 aromatic carbocycles. The number of H-pyrrole nitrogens is 1. The summed E-state index contributed by atoms with van der Waals surface area (Å²) in [6, 6.07) is 18.3. The van der Waals surface area contributed by atoms with E-state index in [2.05, 4.69) is 96.8 Å². The summed E-state index contributed by atoms with van der Waals surface area (Å²) in [7, 11) is 1.71. The molecule has 1 fully saturated rings. The average Bonchev–Trinajstić information content (AvgIpc) is 4.14. The number of rotatable bonds is 16. The number of carbonyl (C=O) groups excluding carboxylic acids is 2. The number of aliphatic imine (C=N–C) groups is 1. The molecule has 11 nitrogen and oxygen atoms in total. The molecule has 2 aliphatic carbocycles. The largest absolute Gasteiger partial charge is 0.449 e. The van der Waals surface area contributed by atoms with Crippen LogP contribution >= 0.6 is 0 Å². The topological polar surface area (TPSA) is 131 Å². The van der Waals surface area contributed by atoms with E-state index in [-0.39, 0.29) is 24.8 Å². The fourth-order valence-electron chi connectivity index (χ4n) is 5.93. The molecule has 2 aromatic heterocycles. The van der Waals surface area contributed by atoms with Gasteiger partial charge >= 0.3 is 11.8 Å². The monoisotopic (exact) mass is 823 g/mol. The third kappa shape index (κ3) is 19.3. The number of nitrogens with one attached hydrogen (secondary N) is 2. The van der Waals surface area contributed by atoms with Crippen LogP contribution in [0.25, 0.3) is 11.0 Å². The summed E-state index contributed by atoms with van der Waals surface area (Å²) in [6.07, 6.45) is 27.1. The highest BCUT2D eigenvalue weighted by molar-refractivity contribution is 5.84. The lowest BCUT2D eigenvalue weighted by molar-refractivity contribution is -0.107. The van der Waals surface area contributed by atoms with E-state index in [0.29, 0.717) is 25.9 Å². The molecule has 2 N–H and O–H groups in total. The summed E-state index contributed by atoms with van der Waals surface area (Å²) in [5, 5.41) is 2.39. The first-order chi connectivity index (χ1) is 29.4. The average molecular weight is 823 g/mol. The normalized spacial score (nSPS) is 12.0. The van der Waals surface area contributed by atoms with E-state index in [9.17, 15) is 14.4 Å². The lowest BCUT2D eigenvalue weighted by atomic mass is 9.78. The molecular weight excluding hydrogens is 753 g/mol. The van der Waals surface area contributed by atoms with Gasteiger partial charge in [0.15, 0.2) is 0 Å². The molecule has 0 atom stereocenters. The van der Waals surface area contributed by atoms with E-state index >= 15 is 0 Å². The van der Waals surface area contributed by atoms with Crippen molar-refractivity contribution in [3.63, 3.8) is 0 Å². The zero-order chi connectivity index (χ0) is 44.4. The second kappa shape index (κ2) is 33.1. The van der Waals surface area contributed by atoms with Gasteiger partial charge in [0.1, 0.15) is 18.7 Å². The van der Waals surface area contributed by atoms with Crippen molar-refractivity contribution in [2.24, 2.45) is 4.99 Å². The number of aldehydes is 1. The molecule has 0 bridgehead atoms. The number of fused-ring (bicyclic) bond motifs is 3. The molecule has 4 aromatic rings. The number of ether oxygens (including phenoxy) is 2. The number of aromatic nitrogens is 3. The lowest BCUT2D eigenvalue weighted by Gasteiger charge is -2.28. The van der Waals surface area contributed by atoms with Crippen LogP contribution in [0.1, 0.15) is 108 Å². The van der Waals surface area contributed by atoms with E-state index < -0.39 is 6.09 Å². The van der Waals surface area contributed by atoms with E-state index in [0.717, 1.165) is 55.7 Å². The molecule has 11 heteroatoms. The third-order valence-corrected chi connectivity index (χ3v) is 8.71. The first kappa shape index (κ1) is 52.3. The van der Waals surface area contributed by atoms with Gasteiger partial charge in [-0.25, -0.2) is 9.59 Å². The van der Waals surface area contributed by atoms with Crippen molar-refractivity contribution < 1.29 is 19.1 Å². The number of allylic oxidation sites excluding steroid dienone is 1. The van der Waals surface area contributed by atoms with Gasteiger partial charge in [0.2, 0.25) is 0 Å². The molecule has 0 aliphatic heterocycles. The Labute approximate surface area is 359 Å². The van der Waals surface area contributed by atoms with Crippen LogP contribution in [0.15, 0.2) is 102 Å². The van der Waals surface area contributed by atoms with Gasteiger partial charge in [-0.1, -0.05) is 127 Å². The second-order valence-electron chi connectivity index (χ2n) is 13.5. The van der Waals surface area contributed by atoms with Gasteiger partial charge in [-0.3, -0.25) is 14.5 Å². The first-order valence-corrected chi connectivity index (χ1v) is 21.3. The molecule has 0 saturated heterocycles. The number of alkyl carbamates (subject to hydrolysis) is 1. The van der Waals surface area contributed by atoms with Crippen LogP contribution < -0.4 is 11.0 Å². The molecule has 0 unspecified atom stereocenters. The number of hydrogen-bond acceptors (Lipinski definition) is 7. The number of carbonyl (C=O) groups is 2. The molecular formula is C49H70N6O5. The number of methoxy groups -OCH3 is 1. The van der Waals surface area contributed by atoms with Crippen LogP contribution in [0.2, 0.25) is 0 Å². The maximum atomic E-state index is 12.5. The van der Waals surface area contributed by atoms with Crippen molar-refractivity contribution in [1.82, 2.24) is 24.8 Å². The standard InChI is InChI=1S/C21H31N5O2.C18H17NO3.C3H6.C3H8.C2H6.C2H2/c1-4-6-7-11-23-20(25(13-5-2)14-8-9-15-28-3)17-26-19-16-22-12-10-18(19)24-21(26)27;20-10-9-19-18(21)22-12-17-15-7-3-1-5-13(15)11-14-6-2-4-8-16(14)17;1-2-3-1;1-3-2;2*1-2/h5-7,10,12,16H,2,4,8-9,11,13-15,17H2,1,3H3,(H,24,27);1-8,10,17H,9,11-12H2,(H,19,21);1-3H2;3H2,1-2H3;1-2H3;1-2H/b7-6-,23-20?;;;;;. The number of benzene rings is 2. The van der Waals surface area contributed by atoms with Crippen molar-refractivity contribution >= 4 is 29.2 Å². The summed E-state index contributed by atoms with van der Waals surface area (Å²) in [4.78, 5) is 48.3. The second-order valence-corrected chi connectivity index (χ2v) is 13.5. The summed E-state index contributed by atoms with van der Waals surface area (Å²) < 4.78 is 12.1. The van der Waals surface area contributed by atoms with Gasteiger partial charge < -0.3 is 29.5 Å². The predicted molar refractivity (Wildman–Crippen MR) is 249 cm³/mol. The Morgan fingerprint density at radius 2 is 1.65 bits per heavy atom. The van der Waals surface area contributed by atoms with Crippen molar-refractivity contribution in [2.45, 2.75) is 98.4 Å². The minimum absolute atomic E-state index is 0.0307. The molecule has 60 heavy (non-hydrogen) atoms. The number of amides is 1. The van der Waals surface area contributed by atoms with Crippen LogP contribution in [0.3, 0.4) is 0 Å². The van der Waals surface area contributed by atoms with Crippen molar-refractivity contribution in [1.29, 1.82) is 0 Å². The van der Waals surface area contributed by atoms with Crippen LogP contribution in [-0.4, -0.2) is 84.2 Å². The Morgan fingerprint density at radius 3 is 2.22 bits per heavy atom. The summed E-state index contributed by atoms with van der Waals surface area (Å²) in [5.74, 6) is 0.896. The van der Waals surface area contributed by atoms with Gasteiger partial charge in [-0.2, -0.15) is 0 Å². The lowest BCUT2D eigenvalue weighted by Crippen LogP contribution is -2.37. The molecule has 6 rings (SSSR count). The number of pyridine rings is 1. The minimum atomic E-state index is -0.562. The molecule has 0 spiro atoms. The summed E-state index contributed by atoms with van der Waals surface area (Å²) >= 11 is 0. The fourth-order valence-corrected chi connectivity index (χ4v) is 5.93. The highest BCUT2D eigenvalue weighted by atomic mass is 16.5. The number of hydrogen-bond donors (Lipinski definition) is 2. The van der Waals surface area contributed by atoms with Crippen LogP contribution in [-0.2, 0) is 27.2 Å². The van der Waals surface area contributed by atoms with Gasteiger partial charge in [0, 0.05) is 38.9 Å². The Bertz CT molecular complexity index is 1880. The molecule has 326 valence electrons.